The van der Waals surface area contributed by atoms with E-state index in [2.05, 4.69) is 6.92 Å². The van der Waals surface area contributed by atoms with Crippen LogP contribution in [0.15, 0.2) is 12.1 Å². The molecule has 1 aromatic rings. The van der Waals surface area contributed by atoms with Crippen molar-refractivity contribution >= 4 is 11.6 Å². The van der Waals surface area contributed by atoms with Gasteiger partial charge in [0, 0.05) is 6.07 Å². The van der Waals surface area contributed by atoms with E-state index >= 15 is 0 Å². The van der Waals surface area contributed by atoms with E-state index in [4.69, 9.17) is 26.8 Å². The van der Waals surface area contributed by atoms with Gasteiger partial charge in [-0.3, -0.25) is 0 Å². The molecule has 0 spiro atoms. The molecule has 1 rings (SSSR count). The summed E-state index contributed by atoms with van der Waals surface area (Å²) in [4.78, 5) is 0. The maximum absolute atomic E-state index is 6.05. The maximum Gasteiger partial charge on any atom is 0.137 e. The molecule has 96 valence electrons. The Balaban J connectivity index is 2.95. The predicted octanol–water partition coefficient (Wildman–Crippen LogP) is 2.88. The van der Waals surface area contributed by atoms with Crippen LogP contribution < -0.4 is 15.2 Å². The van der Waals surface area contributed by atoms with Crippen LogP contribution in [0.5, 0.6) is 11.5 Å². The molecule has 2 N–H and O–H groups in total. The SMILES string of the molecule is COc1cc(CC(C)CCN)c(OC)cc1Cl. The number of ether oxygens (including phenoxy) is 2. The monoisotopic (exact) mass is 257 g/mol. The lowest BCUT2D eigenvalue weighted by molar-refractivity contribution is 0.394. The minimum Gasteiger partial charge on any atom is -0.496 e. The van der Waals surface area contributed by atoms with Gasteiger partial charge < -0.3 is 15.2 Å². The van der Waals surface area contributed by atoms with Crippen LogP contribution in [0.3, 0.4) is 0 Å². The molecule has 1 aromatic carbocycles. The first-order chi connectivity index (χ1) is 8.12. The van der Waals surface area contributed by atoms with E-state index in [0.29, 0.717) is 23.2 Å². The summed E-state index contributed by atoms with van der Waals surface area (Å²) >= 11 is 6.05. The Labute approximate surface area is 108 Å². The van der Waals surface area contributed by atoms with Crippen molar-refractivity contribution in [3.63, 3.8) is 0 Å². The number of methoxy groups -OCH3 is 2. The number of hydrogen-bond acceptors (Lipinski definition) is 3. The summed E-state index contributed by atoms with van der Waals surface area (Å²) in [5.74, 6) is 2.00. The van der Waals surface area contributed by atoms with Gasteiger partial charge in [-0.1, -0.05) is 18.5 Å². The molecule has 0 saturated heterocycles. The Bertz CT molecular complexity index is 369. The van der Waals surface area contributed by atoms with E-state index in [1.54, 1.807) is 20.3 Å². The van der Waals surface area contributed by atoms with Gasteiger partial charge in [0.25, 0.3) is 0 Å². The summed E-state index contributed by atoms with van der Waals surface area (Å²) in [7, 11) is 3.26. The smallest absolute Gasteiger partial charge is 0.137 e. The highest BCUT2D eigenvalue weighted by molar-refractivity contribution is 6.32. The Morgan fingerprint density at radius 1 is 1.24 bits per heavy atom. The van der Waals surface area contributed by atoms with Crippen molar-refractivity contribution in [3.05, 3.63) is 22.7 Å². The van der Waals surface area contributed by atoms with Crippen LogP contribution in [0.25, 0.3) is 0 Å². The van der Waals surface area contributed by atoms with Gasteiger partial charge in [0.2, 0.25) is 0 Å². The molecular formula is C13H20ClNO2. The summed E-state index contributed by atoms with van der Waals surface area (Å²) in [6.07, 6.45) is 1.90. The molecule has 17 heavy (non-hydrogen) atoms. The van der Waals surface area contributed by atoms with Crippen LogP contribution >= 0.6 is 11.6 Å². The fourth-order valence-corrected chi connectivity index (χ4v) is 2.08. The van der Waals surface area contributed by atoms with Crippen molar-refractivity contribution in [2.45, 2.75) is 19.8 Å². The lowest BCUT2D eigenvalue weighted by atomic mass is 9.97. The molecule has 0 bridgehead atoms. The minimum atomic E-state index is 0.514. The van der Waals surface area contributed by atoms with Gasteiger partial charge in [-0.2, -0.15) is 0 Å². The fourth-order valence-electron chi connectivity index (χ4n) is 1.85. The van der Waals surface area contributed by atoms with Gasteiger partial charge in [-0.25, -0.2) is 0 Å². The lowest BCUT2D eigenvalue weighted by Gasteiger charge is -2.15. The van der Waals surface area contributed by atoms with Crippen molar-refractivity contribution in [2.75, 3.05) is 20.8 Å². The third-order valence-corrected chi connectivity index (χ3v) is 3.08. The van der Waals surface area contributed by atoms with Crippen LogP contribution in [0.2, 0.25) is 5.02 Å². The van der Waals surface area contributed by atoms with Crippen LogP contribution in [0, 0.1) is 5.92 Å². The van der Waals surface area contributed by atoms with Crippen LogP contribution in [0.1, 0.15) is 18.9 Å². The third-order valence-electron chi connectivity index (χ3n) is 2.78. The topological polar surface area (TPSA) is 44.5 Å². The average Bonchev–Trinajstić information content (AvgIpc) is 2.31. The molecule has 1 atom stereocenters. The molecule has 0 radical (unpaired) electrons. The zero-order valence-corrected chi connectivity index (χ0v) is 11.4. The largest absolute Gasteiger partial charge is 0.496 e. The standard InChI is InChI=1S/C13H20ClNO2/c1-9(4-5-15)6-10-7-13(17-3)11(14)8-12(10)16-2/h7-9H,4-6,15H2,1-3H3. The Kier molecular flexibility index (Phi) is 5.59. The number of halogens is 1. The van der Waals surface area contributed by atoms with E-state index in [0.717, 1.165) is 24.2 Å². The van der Waals surface area contributed by atoms with E-state index in [1.807, 2.05) is 6.07 Å². The predicted molar refractivity (Wildman–Crippen MR) is 71.1 cm³/mol. The molecular weight excluding hydrogens is 238 g/mol. The lowest BCUT2D eigenvalue weighted by Crippen LogP contribution is -2.09. The highest BCUT2D eigenvalue weighted by Crippen LogP contribution is 2.33. The maximum atomic E-state index is 6.05. The first-order valence-corrected chi connectivity index (χ1v) is 6.10. The van der Waals surface area contributed by atoms with E-state index in [1.165, 1.54) is 0 Å². The summed E-state index contributed by atoms with van der Waals surface area (Å²) in [5, 5.41) is 0.569. The molecule has 0 fully saturated rings. The Morgan fingerprint density at radius 3 is 2.41 bits per heavy atom. The molecule has 3 nitrogen and oxygen atoms in total. The molecule has 0 heterocycles. The normalized spacial score (nSPS) is 12.3. The number of rotatable bonds is 6. The van der Waals surface area contributed by atoms with Gasteiger partial charge in [0.05, 0.1) is 19.2 Å². The van der Waals surface area contributed by atoms with Crippen molar-refractivity contribution in [1.82, 2.24) is 0 Å². The third kappa shape index (κ3) is 3.79. The van der Waals surface area contributed by atoms with E-state index in [9.17, 15) is 0 Å². The number of hydrogen-bond donors (Lipinski definition) is 1. The van der Waals surface area contributed by atoms with Gasteiger partial charge >= 0.3 is 0 Å². The second-order valence-electron chi connectivity index (χ2n) is 4.19. The summed E-state index contributed by atoms with van der Waals surface area (Å²) in [6, 6.07) is 3.74. The summed E-state index contributed by atoms with van der Waals surface area (Å²) in [6.45, 7) is 2.88. The van der Waals surface area contributed by atoms with Crippen LogP contribution in [0.4, 0.5) is 0 Å². The van der Waals surface area contributed by atoms with E-state index < -0.39 is 0 Å². The zero-order valence-electron chi connectivity index (χ0n) is 10.6. The molecule has 0 aliphatic heterocycles. The molecule has 0 aliphatic rings. The molecule has 0 amide bonds. The highest BCUT2D eigenvalue weighted by atomic mass is 35.5. The second kappa shape index (κ2) is 6.72. The Morgan fingerprint density at radius 2 is 1.88 bits per heavy atom. The van der Waals surface area contributed by atoms with Gasteiger partial charge in [-0.05, 0) is 36.9 Å². The van der Waals surface area contributed by atoms with Gasteiger partial charge in [0.1, 0.15) is 11.5 Å². The zero-order chi connectivity index (χ0) is 12.8. The number of benzene rings is 1. The molecule has 1 unspecified atom stereocenters. The fraction of sp³-hybridized carbons (Fsp3) is 0.538. The van der Waals surface area contributed by atoms with Crippen molar-refractivity contribution in [1.29, 1.82) is 0 Å². The molecule has 0 aromatic heterocycles. The van der Waals surface area contributed by atoms with Crippen LogP contribution in [-0.4, -0.2) is 20.8 Å². The first kappa shape index (κ1) is 14.1. The average molecular weight is 258 g/mol. The van der Waals surface area contributed by atoms with Gasteiger partial charge in [-0.15, -0.1) is 0 Å². The molecule has 0 aliphatic carbocycles. The quantitative estimate of drug-likeness (QED) is 0.852. The first-order valence-electron chi connectivity index (χ1n) is 5.72. The molecule has 0 saturated carbocycles. The minimum absolute atomic E-state index is 0.514. The van der Waals surface area contributed by atoms with Crippen molar-refractivity contribution in [2.24, 2.45) is 11.7 Å². The van der Waals surface area contributed by atoms with Crippen LogP contribution in [-0.2, 0) is 6.42 Å². The Hall–Kier alpha value is -0.930. The summed E-state index contributed by atoms with van der Waals surface area (Å²) < 4.78 is 10.5. The van der Waals surface area contributed by atoms with E-state index in [-0.39, 0.29) is 0 Å². The highest BCUT2D eigenvalue weighted by Gasteiger charge is 2.12. The van der Waals surface area contributed by atoms with Gasteiger partial charge in [0.15, 0.2) is 0 Å². The summed E-state index contributed by atoms with van der Waals surface area (Å²) in [5.41, 5.74) is 6.66. The van der Waals surface area contributed by atoms with Crippen molar-refractivity contribution in [3.8, 4) is 11.5 Å². The number of nitrogens with two attached hydrogens (primary N) is 1. The molecule has 4 heteroatoms. The van der Waals surface area contributed by atoms with Crippen molar-refractivity contribution < 1.29 is 9.47 Å². The second-order valence-corrected chi connectivity index (χ2v) is 4.59.